The Hall–Kier alpha value is -1.34. The highest BCUT2D eigenvalue weighted by atomic mass is 16.6. The smallest absolute Gasteiger partial charge is 0.410 e. The van der Waals surface area contributed by atoms with Gasteiger partial charge in [-0.05, 0) is 34.1 Å². The van der Waals surface area contributed by atoms with Crippen molar-refractivity contribution in [3.05, 3.63) is 0 Å². The molecule has 22 heavy (non-hydrogen) atoms. The van der Waals surface area contributed by atoms with E-state index in [0.717, 1.165) is 0 Å². The Morgan fingerprint density at radius 3 is 2.68 bits per heavy atom. The van der Waals surface area contributed by atoms with Gasteiger partial charge in [0.2, 0.25) is 0 Å². The molecule has 128 valence electrons. The highest BCUT2D eigenvalue weighted by Crippen LogP contribution is 2.17. The minimum absolute atomic E-state index is 0.0516. The van der Waals surface area contributed by atoms with E-state index in [9.17, 15) is 9.59 Å². The number of nitrogens with one attached hydrogen (secondary N) is 1. The van der Waals surface area contributed by atoms with Crippen molar-refractivity contribution in [2.45, 2.75) is 51.8 Å². The van der Waals surface area contributed by atoms with Crippen molar-refractivity contribution in [1.29, 1.82) is 0 Å². The van der Waals surface area contributed by atoms with Gasteiger partial charge in [-0.15, -0.1) is 0 Å². The first-order chi connectivity index (χ1) is 10.2. The number of carbonyl (C=O) groups excluding carboxylic acids is 2. The van der Waals surface area contributed by atoms with E-state index in [1.807, 2.05) is 27.7 Å². The van der Waals surface area contributed by atoms with Crippen LogP contribution in [0.15, 0.2) is 0 Å². The van der Waals surface area contributed by atoms with Crippen LogP contribution in [0.5, 0.6) is 0 Å². The van der Waals surface area contributed by atoms with E-state index in [1.165, 1.54) is 7.11 Å². The van der Waals surface area contributed by atoms with Crippen molar-refractivity contribution >= 4 is 12.1 Å². The van der Waals surface area contributed by atoms with Crippen LogP contribution in [-0.4, -0.2) is 68.1 Å². The number of hydrogen-bond donors (Lipinski definition) is 1. The standard InChI is InChI=1S/C15H28N2O5/c1-11(16-9-13(18)20-5)8-12-10-21-7-6-17(12)14(19)22-15(2,3)4/h11-12,16H,6-10H2,1-5H3. The predicted molar refractivity (Wildman–Crippen MR) is 81.6 cm³/mol. The maximum atomic E-state index is 12.3. The molecule has 0 aliphatic carbocycles. The SMILES string of the molecule is COC(=O)CNC(C)CC1COCCN1C(=O)OC(C)(C)C. The minimum atomic E-state index is -0.519. The molecule has 1 aliphatic rings. The van der Waals surface area contributed by atoms with E-state index in [4.69, 9.17) is 9.47 Å². The number of rotatable bonds is 5. The molecule has 0 aromatic heterocycles. The number of nitrogens with zero attached hydrogens (tertiary/aromatic N) is 1. The third-order valence-electron chi connectivity index (χ3n) is 3.30. The fraction of sp³-hybridized carbons (Fsp3) is 0.867. The summed E-state index contributed by atoms with van der Waals surface area (Å²) in [5.74, 6) is -0.309. The van der Waals surface area contributed by atoms with Crippen molar-refractivity contribution in [2.24, 2.45) is 0 Å². The van der Waals surface area contributed by atoms with Crippen LogP contribution in [0.25, 0.3) is 0 Å². The molecule has 2 atom stereocenters. The van der Waals surface area contributed by atoms with Crippen LogP contribution in [0.1, 0.15) is 34.1 Å². The number of methoxy groups -OCH3 is 1. The molecule has 0 spiro atoms. The van der Waals surface area contributed by atoms with Crippen LogP contribution >= 0.6 is 0 Å². The van der Waals surface area contributed by atoms with Crippen molar-refractivity contribution in [3.8, 4) is 0 Å². The summed E-state index contributed by atoms with van der Waals surface area (Å²) in [4.78, 5) is 25.1. The van der Waals surface area contributed by atoms with Gasteiger partial charge in [-0.25, -0.2) is 4.79 Å². The summed E-state index contributed by atoms with van der Waals surface area (Å²) in [5.41, 5.74) is -0.519. The highest BCUT2D eigenvalue weighted by Gasteiger charge is 2.31. The Bertz CT molecular complexity index is 381. The zero-order valence-corrected chi connectivity index (χ0v) is 14.2. The van der Waals surface area contributed by atoms with Crippen LogP contribution < -0.4 is 5.32 Å². The number of ether oxygens (including phenoxy) is 3. The second kappa shape index (κ2) is 8.33. The highest BCUT2D eigenvalue weighted by molar-refractivity contribution is 5.71. The third-order valence-corrected chi connectivity index (χ3v) is 3.30. The van der Waals surface area contributed by atoms with Crippen molar-refractivity contribution < 1.29 is 23.8 Å². The number of esters is 1. The predicted octanol–water partition coefficient (Wildman–Crippen LogP) is 1.16. The van der Waals surface area contributed by atoms with Gasteiger partial charge in [-0.3, -0.25) is 4.79 Å². The largest absolute Gasteiger partial charge is 0.468 e. The Balaban J connectivity index is 2.54. The van der Waals surface area contributed by atoms with E-state index in [-0.39, 0.29) is 30.7 Å². The normalized spacial score (nSPS) is 20.4. The number of carbonyl (C=O) groups is 2. The first-order valence-corrected chi connectivity index (χ1v) is 7.60. The van der Waals surface area contributed by atoms with Gasteiger partial charge in [0, 0.05) is 12.6 Å². The van der Waals surface area contributed by atoms with Gasteiger partial charge in [-0.1, -0.05) is 0 Å². The Labute approximate surface area is 132 Å². The fourth-order valence-corrected chi connectivity index (χ4v) is 2.23. The van der Waals surface area contributed by atoms with Crippen LogP contribution in [0.3, 0.4) is 0 Å². The molecule has 0 aromatic rings. The Morgan fingerprint density at radius 2 is 2.09 bits per heavy atom. The lowest BCUT2D eigenvalue weighted by atomic mass is 10.1. The molecule has 7 nitrogen and oxygen atoms in total. The molecule has 1 rings (SSSR count). The molecule has 0 bridgehead atoms. The quantitative estimate of drug-likeness (QED) is 0.767. The molecule has 1 heterocycles. The van der Waals surface area contributed by atoms with E-state index in [0.29, 0.717) is 26.2 Å². The van der Waals surface area contributed by atoms with Crippen LogP contribution in [-0.2, 0) is 19.0 Å². The van der Waals surface area contributed by atoms with Gasteiger partial charge < -0.3 is 24.4 Å². The second-order valence-corrected chi connectivity index (χ2v) is 6.50. The van der Waals surface area contributed by atoms with Gasteiger partial charge in [0.1, 0.15) is 5.60 Å². The summed E-state index contributed by atoms with van der Waals surface area (Å²) >= 11 is 0. The molecule has 1 N–H and O–H groups in total. The molecule has 1 aliphatic heterocycles. The van der Waals surface area contributed by atoms with Gasteiger partial charge in [0.05, 0.1) is 32.9 Å². The van der Waals surface area contributed by atoms with Gasteiger partial charge in [-0.2, -0.15) is 0 Å². The van der Waals surface area contributed by atoms with Crippen molar-refractivity contribution in [2.75, 3.05) is 33.4 Å². The van der Waals surface area contributed by atoms with E-state index < -0.39 is 5.60 Å². The molecule has 0 saturated carbocycles. The molecule has 0 radical (unpaired) electrons. The fourth-order valence-electron chi connectivity index (χ4n) is 2.23. The zero-order valence-electron chi connectivity index (χ0n) is 14.2. The number of morpholine rings is 1. The lowest BCUT2D eigenvalue weighted by molar-refractivity contribution is -0.139. The average molecular weight is 316 g/mol. The third kappa shape index (κ3) is 6.62. The molecule has 2 unspecified atom stereocenters. The number of amides is 1. The average Bonchev–Trinajstić information content (AvgIpc) is 2.43. The summed E-state index contributed by atoms with van der Waals surface area (Å²) in [6.45, 7) is 9.16. The van der Waals surface area contributed by atoms with Gasteiger partial charge in [0.25, 0.3) is 0 Å². The Morgan fingerprint density at radius 1 is 1.41 bits per heavy atom. The van der Waals surface area contributed by atoms with Crippen LogP contribution in [0.4, 0.5) is 4.79 Å². The molecule has 1 saturated heterocycles. The Kier molecular flexibility index (Phi) is 7.09. The van der Waals surface area contributed by atoms with E-state index >= 15 is 0 Å². The summed E-state index contributed by atoms with van der Waals surface area (Å²) in [6.07, 6.45) is 0.358. The minimum Gasteiger partial charge on any atom is -0.468 e. The van der Waals surface area contributed by atoms with E-state index in [2.05, 4.69) is 10.1 Å². The van der Waals surface area contributed by atoms with Gasteiger partial charge in [0.15, 0.2) is 0 Å². The molecular formula is C15H28N2O5. The lowest BCUT2D eigenvalue weighted by Gasteiger charge is -2.37. The van der Waals surface area contributed by atoms with Crippen LogP contribution in [0, 0.1) is 0 Å². The maximum Gasteiger partial charge on any atom is 0.410 e. The lowest BCUT2D eigenvalue weighted by Crippen LogP contribution is -2.52. The molecule has 1 amide bonds. The van der Waals surface area contributed by atoms with Gasteiger partial charge >= 0.3 is 12.1 Å². The monoisotopic (exact) mass is 316 g/mol. The summed E-state index contributed by atoms with van der Waals surface area (Å²) in [7, 11) is 1.36. The molecule has 1 fully saturated rings. The number of hydrogen-bond acceptors (Lipinski definition) is 6. The van der Waals surface area contributed by atoms with Crippen molar-refractivity contribution in [3.63, 3.8) is 0 Å². The topological polar surface area (TPSA) is 77.1 Å². The van der Waals surface area contributed by atoms with E-state index in [1.54, 1.807) is 4.90 Å². The molecular weight excluding hydrogens is 288 g/mol. The summed E-state index contributed by atoms with van der Waals surface area (Å²) in [6, 6.07) is -0.0144. The zero-order chi connectivity index (χ0) is 16.8. The summed E-state index contributed by atoms with van der Waals surface area (Å²) < 4.78 is 15.5. The molecule has 0 aromatic carbocycles. The van der Waals surface area contributed by atoms with Crippen molar-refractivity contribution in [1.82, 2.24) is 10.2 Å². The second-order valence-electron chi connectivity index (χ2n) is 6.50. The summed E-state index contributed by atoms with van der Waals surface area (Å²) in [5, 5.41) is 3.08. The first kappa shape index (κ1) is 18.7. The maximum absolute atomic E-state index is 12.3. The molecule has 7 heteroatoms. The first-order valence-electron chi connectivity index (χ1n) is 7.60. The van der Waals surface area contributed by atoms with Crippen LogP contribution in [0.2, 0.25) is 0 Å².